The first-order valence-electron chi connectivity index (χ1n) is 4.79. The van der Waals surface area contributed by atoms with Crippen LogP contribution in [-0.2, 0) is 9.53 Å². The lowest BCUT2D eigenvalue weighted by atomic mass is 9.59. The third-order valence-electron chi connectivity index (χ3n) is 3.37. The number of carbonyl (C=O) groups is 1. The van der Waals surface area contributed by atoms with Gasteiger partial charge >= 0.3 is 0 Å². The molecule has 0 N–H and O–H groups in total. The first kappa shape index (κ1) is 8.24. The van der Waals surface area contributed by atoms with Crippen LogP contribution >= 0.6 is 0 Å². The van der Waals surface area contributed by atoms with Crippen molar-refractivity contribution in [2.24, 2.45) is 5.41 Å². The van der Waals surface area contributed by atoms with Crippen molar-refractivity contribution in [3.05, 3.63) is 0 Å². The minimum atomic E-state index is 0.371. The molecule has 0 aromatic rings. The lowest BCUT2D eigenvalue weighted by Gasteiger charge is -2.45. The molecule has 12 heavy (non-hydrogen) atoms. The number of ketones is 1. The van der Waals surface area contributed by atoms with Crippen molar-refractivity contribution in [2.75, 3.05) is 7.11 Å². The fraction of sp³-hybridized carbons (Fsp3) is 0.900. The molecule has 2 fully saturated rings. The molecule has 2 nitrogen and oxygen atoms in total. The quantitative estimate of drug-likeness (QED) is 0.598. The molecule has 2 rings (SSSR count). The highest BCUT2D eigenvalue weighted by atomic mass is 16.5. The van der Waals surface area contributed by atoms with Gasteiger partial charge < -0.3 is 4.74 Å². The first-order chi connectivity index (χ1) is 5.74. The summed E-state index contributed by atoms with van der Waals surface area (Å²) < 4.78 is 5.35. The van der Waals surface area contributed by atoms with E-state index in [4.69, 9.17) is 4.74 Å². The van der Waals surface area contributed by atoms with Crippen molar-refractivity contribution >= 4 is 5.78 Å². The number of rotatable bonds is 1. The van der Waals surface area contributed by atoms with E-state index in [2.05, 4.69) is 0 Å². The molecule has 1 unspecified atom stereocenters. The van der Waals surface area contributed by atoms with Gasteiger partial charge in [-0.3, -0.25) is 4.79 Å². The van der Waals surface area contributed by atoms with E-state index in [1.165, 1.54) is 19.3 Å². The van der Waals surface area contributed by atoms with Crippen LogP contribution < -0.4 is 0 Å². The lowest BCUT2D eigenvalue weighted by molar-refractivity contribution is -0.137. The molecule has 2 saturated carbocycles. The molecule has 2 heteroatoms. The smallest absolute Gasteiger partial charge is 0.134 e. The Labute approximate surface area is 73.3 Å². The van der Waals surface area contributed by atoms with Gasteiger partial charge in [0.2, 0.25) is 0 Å². The van der Waals surface area contributed by atoms with Crippen molar-refractivity contribution in [1.82, 2.24) is 0 Å². The average molecular weight is 168 g/mol. The van der Waals surface area contributed by atoms with Gasteiger partial charge in [0.1, 0.15) is 5.78 Å². The molecule has 0 aromatic carbocycles. The van der Waals surface area contributed by atoms with Crippen LogP contribution in [0.2, 0.25) is 0 Å². The van der Waals surface area contributed by atoms with E-state index in [1.807, 2.05) is 0 Å². The van der Waals surface area contributed by atoms with Gasteiger partial charge in [-0.2, -0.15) is 0 Å². The Morgan fingerprint density at radius 3 is 2.83 bits per heavy atom. The van der Waals surface area contributed by atoms with E-state index in [9.17, 15) is 4.79 Å². The van der Waals surface area contributed by atoms with E-state index in [0.29, 0.717) is 17.3 Å². The van der Waals surface area contributed by atoms with Crippen LogP contribution in [0.3, 0.4) is 0 Å². The largest absolute Gasteiger partial charge is 0.381 e. The van der Waals surface area contributed by atoms with Gasteiger partial charge in [0.25, 0.3) is 0 Å². The molecule has 0 saturated heterocycles. The van der Waals surface area contributed by atoms with Crippen molar-refractivity contribution in [1.29, 1.82) is 0 Å². The second-order valence-corrected chi connectivity index (χ2v) is 4.35. The van der Waals surface area contributed by atoms with Gasteiger partial charge in [0, 0.05) is 20.0 Å². The van der Waals surface area contributed by atoms with E-state index < -0.39 is 0 Å². The molecule has 2 aliphatic carbocycles. The molecule has 0 bridgehead atoms. The van der Waals surface area contributed by atoms with Gasteiger partial charge in [0.15, 0.2) is 0 Å². The summed E-state index contributed by atoms with van der Waals surface area (Å²) in [4.78, 5) is 10.9. The summed E-state index contributed by atoms with van der Waals surface area (Å²) >= 11 is 0. The summed E-state index contributed by atoms with van der Waals surface area (Å²) in [6, 6.07) is 0. The number of hydrogen-bond acceptors (Lipinski definition) is 2. The fourth-order valence-corrected chi connectivity index (χ4v) is 2.70. The molecular formula is C10H16O2. The van der Waals surface area contributed by atoms with Crippen molar-refractivity contribution in [3.8, 4) is 0 Å². The van der Waals surface area contributed by atoms with Crippen LogP contribution in [-0.4, -0.2) is 19.0 Å². The average Bonchev–Trinajstić information content (AvgIpc) is 2.02. The van der Waals surface area contributed by atoms with E-state index >= 15 is 0 Å². The van der Waals surface area contributed by atoms with E-state index in [1.54, 1.807) is 7.11 Å². The standard InChI is InChI=1S/C10H16O2/c1-12-9-3-2-4-10(7-9)5-8(11)6-10/h9H,2-7H2,1H3. The zero-order valence-corrected chi connectivity index (χ0v) is 7.64. The molecule has 68 valence electrons. The molecule has 1 spiro atoms. The Morgan fingerprint density at radius 2 is 2.25 bits per heavy atom. The maximum Gasteiger partial charge on any atom is 0.134 e. The number of carbonyl (C=O) groups excluding carboxylic acids is 1. The lowest BCUT2D eigenvalue weighted by Crippen LogP contribution is -2.43. The maximum absolute atomic E-state index is 10.9. The molecule has 0 aliphatic heterocycles. The number of methoxy groups -OCH3 is 1. The zero-order chi connectivity index (χ0) is 8.60. The zero-order valence-electron chi connectivity index (χ0n) is 7.64. The van der Waals surface area contributed by atoms with Gasteiger partial charge in [-0.1, -0.05) is 6.42 Å². The Bertz CT molecular complexity index is 190. The second-order valence-electron chi connectivity index (χ2n) is 4.35. The first-order valence-corrected chi connectivity index (χ1v) is 4.79. The van der Waals surface area contributed by atoms with E-state index in [-0.39, 0.29) is 0 Å². The normalized spacial score (nSPS) is 33.4. The molecule has 2 aliphatic rings. The summed E-state index contributed by atoms with van der Waals surface area (Å²) in [6.07, 6.45) is 6.87. The van der Waals surface area contributed by atoms with Crippen LogP contribution in [0, 0.1) is 5.41 Å². The summed E-state index contributed by atoms with van der Waals surface area (Å²) in [5.74, 6) is 0.451. The van der Waals surface area contributed by atoms with Crippen LogP contribution in [0.4, 0.5) is 0 Å². The summed E-state index contributed by atoms with van der Waals surface area (Å²) in [5.41, 5.74) is 0.371. The van der Waals surface area contributed by atoms with Crippen LogP contribution in [0.15, 0.2) is 0 Å². The van der Waals surface area contributed by atoms with Crippen molar-refractivity contribution < 1.29 is 9.53 Å². The third kappa shape index (κ3) is 1.28. The monoisotopic (exact) mass is 168 g/mol. The molecule has 1 atom stereocenters. The van der Waals surface area contributed by atoms with Crippen LogP contribution in [0.5, 0.6) is 0 Å². The Hall–Kier alpha value is -0.370. The maximum atomic E-state index is 10.9. The Kier molecular flexibility index (Phi) is 1.95. The van der Waals surface area contributed by atoms with Crippen molar-refractivity contribution in [3.63, 3.8) is 0 Å². The van der Waals surface area contributed by atoms with Gasteiger partial charge in [-0.15, -0.1) is 0 Å². The highest BCUT2D eigenvalue weighted by Gasteiger charge is 2.46. The van der Waals surface area contributed by atoms with E-state index in [0.717, 1.165) is 19.3 Å². The second kappa shape index (κ2) is 2.84. The highest BCUT2D eigenvalue weighted by molar-refractivity contribution is 5.86. The number of hydrogen-bond donors (Lipinski definition) is 0. The van der Waals surface area contributed by atoms with Crippen molar-refractivity contribution in [2.45, 2.75) is 44.6 Å². The summed E-state index contributed by atoms with van der Waals surface area (Å²) in [6.45, 7) is 0. The minimum Gasteiger partial charge on any atom is -0.381 e. The molecule has 0 heterocycles. The predicted octanol–water partition coefficient (Wildman–Crippen LogP) is 1.92. The fourth-order valence-electron chi connectivity index (χ4n) is 2.70. The number of ether oxygens (including phenoxy) is 1. The minimum absolute atomic E-state index is 0.371. The van der Waals surface area contributed by atoms with Crippen LogP contribution in [0.1, 0.15) is 38.5 Å². The summed E-state index contributed by atoms with van der Waals surface area (Å²) in [7, 11) is 1.78. The Balaban J connectivity index is 1.95. The summed E-state index contributed by atoms with van der Waals surface area (Å²) in [5, 5.41) is 0. The predicted molar refractivity (Wildman–Crippen MR) is 45.9 cm³/mol. The highest BCUT2D eigenvalue weighted by Crippen LogP contribution is 2.49. The van der Waals surface area contributed by atoms with Gasteiger partial charge in [-0.25, -0.2) is 0 Å². The van der Waals surface area contributed by atoms with Gasteiger partial charge in [0.05, 0.1) is 6.10 Å². The number of Topliss-reactive ketones (excluding diaryl/α,β-unsaturated/α-hetero) is 1. The molecular weight excluding hydrogens is 152 g/mol. The SMILES string of the molecule is COC1CCCC2(CC(=O)C2)C1. The molecule has 0 aromatic heterocycles. The molecule has 0 amide bonds. The topological polar surface area (TPSA) is 26.3 Å². The van der Waals surface area contributed by atoms with Gasteiger partial charge in [-0.05, 0) is 24.7 Å². The molecule has 0 radical (unpaired) electrons. The van der Waals surface area contributed by atoms with Crippen LogP contribution in [0.25, 0.3) is 0 Å². The Morgan fingerprint density at radius 1 is 1.50 bits per heavy atom. The third-order valence-corrected chi connectivity index (χ3v) is 3.37.